The molecule has 0 radical (unpaired) electrons. The molecule has 0 aliphatic carbocycles. The van der Waals surface area contributed by atoms with Crippen molar-refractivity contribution in [3.8, 4) is 0 Å². The van der Waals surface area contributed by atoms with Gasteiger partial charge in [-0.05, 0) is 51.3 Å². The van der Waals surface area contributed by atoms with E-state index in [1.54, 1.807) is 30.3 Å². The van der Waals surface area contributed by atoms with Crippen molar-refractivity contribution >= 4 is 21.6 Å². The van der Waals surface area contributed by atoms with Gasteiger partial charge in [0, 0.05) is 19.0 Å². The Morgan fingerprint density at radius 2 is 1.64 bits per heavy atom. The van der Waals surface area contributed by atoms with Crippen LogP contribution in [-0.2, 0) is 21.4 Å². The van der Waals surface area contributed by atoms with E-state index in [0.717, 1.165) is 22.6 Å². The molecule has 3 aromatic rings. The molecule has 2 heterocycles. The number of aryl methyl sites for hydroxylation is 2. The van der Waals surface area contributed by atoms with Crippen LogP contribution >= 0.6 is 0 Å². The summed E-state index contributed by atoms with van der Waals surface area (Å²) >= 11 is 0. The number of amides is 1. The molecule has 1 saturated heterocycles. The zero-order valence-corrected chi connectivity index (χ0v) is 20.1. The fraction of sp³-hybridized carbons (Fsp3) is 0.360. The predicted molar refractivity (Wildman–Crippen MR) is 129 cm³/mol. The highest BCUT2D eigenvalue weighted by Crippen LogP contribution is 2.27. The van der Waals surface area contributed by atoms with Crippen molar-refractivity contribution in [3.63, 3.8) is 0 Å². The Kier molecular flexibility index (Phi) is 6.67. The Morgan fingerprint density at radius 1 is 1.00 bits per heavy atom. The number of rotatable bonds is 6. The van der Waals surface area contributed by atoms with Crippen LogP contribution in [-0.4, -0.2) is 41.5 Å². The summed E-state index contributed by atoms with van der Waals surface area (Å²) < 4.78 is 29.0. The summed E-state index contributed by atoms with van der Waals surface area (Å²) in [5.41, 5.74) is 4.78. The lowest BCUT2D eigenvalue weighted by molar-refractivity contribution is -0.120. The van der Waals surface area contributed by atoms with Crippen LogP contribution in [0.15, 0.2) is 59.5 Å². The summed E-state index contributed by atoms with van der Waals surface area (Å²) in [4.78, 5) is 13.3. The highest BCUT2D eigenvalue weighted by Gasteiger charge is 2.32. The highest BCUT2D eigenvalue weighted by atomic mass is 32.2. The lowest BCUT2D eigenvalue weighted by Gasteiger charge is -2.30. The van der Waals surface area contributed by atoms with Crippen molar-refractivity contribution in [2.75, 3.05) is 18.4 Å². The van der Waals surface area contributed by atoms with Crippen LogP contribution in [0.25, 0.3) is 0 Å². The fourth-order valence-electron chi connectivity index (χ4n) is 4.22. The fourth-order valence-corrected chi connectivity index (χ4v) is 5.71. The van der Waals surface area contributed by atoms with Crippen LogP contribution in [0.2, 0.25) is 0 Å². The summed E-state index contributed by atoms with van der Waals surface area (Å²) in [6.45, 7) is 7.21. The van der Waals surface area contributed by atoms with Crippen molar-refractivity contribution in [1.82, 2.24) is 14.1 Å². The molecule has 0 atom stereocenters. The summed E-state index contributed by atoms with van der Waals surface area (Å²) in [6, 6.07) is 16.8. The van der Waals surface area contributed by atoms with Gasteiger partial charge in [-0.25, -0.2) is 8.42 Å². The van der Waals surface area contributed by atoms with Gasteiger partial charge in [0.1, 0.15) is 0 Å². The number of carbonyl (C=O) groups excluding carboxylic acids is 1. The second kappa shape index (κ2) is 9.49. The Hall–Kier alpha value is -2.97. The van der Waals surface area contributed by atoms with Crippen LogP contribution in [0.5, 0.6) is 0 Å². The molecule has 0 spiro atoms. The first kappa shape index (κ1) is 23.2. The zero-order valence-electron chi connectivity index (χ0n) is 19.3. The van der Waals surface area contributed by atoms with Crippen LogP contribution in [0, 0.1) is 26.7 Å². The molecule has 2 aromatic carbocycles. The number of nitrogens with one attached hydrogen (secondary N) is 1. The molecule has 1 aliphatic heterocycles. The summed E-state index contributed by atoms with van der Waals surface area (Å²) in [7, 11) is -3.52. The van der Waals surface area contributed by atoms with E-state index in [9.17, 15) is 13.2 Å². The number of benzene rings is 2. The van der Waals surface area contributed by atoms with Crippen LogP contribution < -0.4 is 5.32 Å². The van der Waals surface area contributed by atoms with Gasteiger partial charge in [-0.3, -0.25) is 9.48 Å². The Labute approximate surface area is 195 Å². The molecule has 7 nitrogen and oxygen atoms in total. The van der Waals surface area contributed by atoms with E-state index in [1.165, 1.54) is 9.87 Å². The number of piperidine rings is 1. The lowest BCUT2D eigenvalue weighted by Crippen LogP contribution is -2.41. The van der Waals surface area contributed by atoms with E-state index in [0.29, 0.717) is 37.4 Å². The molecule has 0 saturated carbocycles. The predicted octanol–water partition coefficient (Wildman–Crippen LogP) is 3.90. The number of aromatic nitrogens is 2. The summed E-state index contributed by atoms with van der Waals surface area (Å²) in [5, 5.41) is 7.68. The van der Waals surface area contributed by atoms with Gasteiger partial charge in [-0.15, -0.1) is 0 Å². The molecule has 174 valence electrons. The van der Waals surface area contributed by atoms with Crippen molar-refractivity contribution in [1.29, 1.82) is 0 Å². The van der Waals surface area contributed by atoms with Gasteiger partial charge in [0.25, 0.3) is 0 Å². The molecule has 1 aliphatic rings. The molecule has 1 aromatic heterocycles. The minimum Gasteiger partial charge on any atom is -0.323 e. The number of hydrogen-bond acceptors (Lipinski definition) is 4. The molecule has 1 amide bonds. The second-order valence-electron chi connectivity index (χ2n) is 8.67. The van der Waals surface area contributed by atoms with E-state index < -0.39 is 10.0 Å². The minimum atomic E-state index is -3.52. The average molecular weight is 467 g/mol. The van der Waals surface area contributed by atoms with Gasteiger partial charge in [0.05, 0.1) is 28.5 Å². The summed E-state index contributed by atoms with van der Waals surface area (Å²) in [5.74, 6) is -0.306. The molecule has 0 bridgehead atoms. The normalized spacial score (nSPS) is 15.5. The van der Waals surface area contributed by atoms with Gasteiger partial charge in [-0.1, -0.05) is 48.0 Å². The van der Waals surface area contributed by atoms with Crippen LogP contribution in [0.3, 0.4) is 0 Å². The Morgan fingerprint density at radius 3 is 2.27 bits per heavy atom. The largest absolute Gasteiger partial charge is 0.323 e. The number of hydrogen-bond donors (Lipinski definition) is 1. The topological polar surface area (TPSA) is 84.3 Å². The first-order chi connectivity index (χ1) is 15.8. The first-order valence-electron chi connectivity index (χ1n) is 11.2. The lowest BCUT2D eigenvalue weighted by atomic mass is 9.97. The highest BCUT2D eigenvalue weighted by molar-refractivity contribution is 7.89. The van der Waals surface area contributed by atoms with Crippen LogP contribution in [0.1, 0.15) is 35.4 Å². The molecule has 1 fully saturated rings. The average Bonchev–Trinajstić information content (AvgIpc) is 3.08. The number of nitrogens with zero attached hydrogens (tertiary/aromatic N) is 3. The smallest absolute Gasteiger partial charge is 0.243 e. The molecule has 1 N–H and O–H groups in total. The Balaban J connectivity index is 1.39. The van der Waals surface area contributed by atoms with Gasteiger partial charge >= 0.3 is 0 Å². The standard InChI is InChI=1S/C25H30N4O3S/c1-18-9-11-21(12-10-18)17-29-20(3)24(19(2)27-29)26-25(30)22-13-15-28(16-14-22)33(31,32)23-7-5-4-6-8-23/h4-12,22H,13-17H2,1-3H3,(H,26,30). The molecular formula is C25H30N4O3S. The maximum atomic E-state index is 13.0. The first-order valence-corrected chi connectivity index (χ1v) is 12.7. The molecule has 0 unspecified atom stereocenters. The van der Waals surface area contributed by atoms with Crippen molar-refractivity contribution < 1.29 is 13.2 Å². The maximum absolute atomic E-state index is 13.0. The third-order valence-corrected chi connectivity index (χ3v) is 8.20. The van der Waals surface area contributed by atoms with E-state index in [1.807, 2.05) is 18.5 Å². The second-order valence-corrected chi connectivity index (χ2v) is 10.6. The Bertz CT molecular complexity index is 1230. The van der Waals surface area contributed by atoms with E-state index in [4.69, 9.17) is 0 Å². The van der Waals surface area contributed by atoms with Crippen molar-refractivity contribution in [2.24, 2.45) is 5.92 Å². The van der Waals surface area contributed by atoms with Crippen LogP contribution in [0.4, 0.5) is 5.69 Å². The van der Waals surface area contributed by atoms with Crippen molar-refractivity contribution in [3.05, 3.63) is 77.1 Å². The molecular weight excluding hydrogens is 436 g/mol. The SMILES string of the molecule is Cc1ccc(Cn2nc(C)c(NC(=O)C3CCN(S(=O)(=O)c4ccccc4)CC3)c2C)cc1. The monoisotopic (exact) mass is 466 g/mol. The molecule has 33 heavy (non-hydrogen) atoms. The minimum absolute atomic E-state index is 0.0761. The van der Waals surface area contributed by atoms with Gasteiger partial charge < -0.3 is 5.32 Å². The maximum Gasteiger partial charge on any atom is 0.243 e. The summed E-state index contributed by atoms with van der Waals surface area (Å²) in [6.07, 6.45) is 0.987. The van der Waals surface area contributed by atoms with E-state index in [-0.39, 0.29) is 11.8 Å². The van der Waals surface area contributed by atoms with Gasteiger partial charge in [-0.2, -0.15) is 9.40 Å². The van der Waals surface area contributed by atoms with Gasteiger partial charge in [0.2, 0.25) is 15.9 Å². The number of anilines is 1. The van der Waals surface area contributed by atoms with Gasteiger partial charge in [0.15, 0.2) is 0 Å². The molecule has 4 rings (SSSR count). The van der Waals surface area contributed by atoms with E-state index >= 15 is 0 Å². The molecule has 8 heteroatoms. The number of sulfonamides is 1. The zero-order chi connectivity index (χ0) is 23.6. The van der Waals surface area contributed by atoms with Crippen molar-refractivity contribution in [2.45, 2.75) is 45.1 Å². The third kappa shape index (κ3) is 5.02. The quantitative estimate of drug-likeness (QED) is 0.597. The van der Waals surface area contributed by atoms with E-state index in [2.05, 4.69) is 41.6 Å². The third-order valence-electron chi connectivity index (χ3n) is 6.29. The number of carbonyl (C=O) groups is 1.